The van der Waals surface area contributed by atoms with Crippen molar-refractivity contribution in [1.82, 2.24) is 15.3 Å². The molecule has 27 heavy (non-hydrogen) atoms. The van der Waals surface area contributed by atoms with Gasteiger partial charge in [-0.25, -0.2) is 9.97 Å². The average Bonchev–Trinajstić information content (AvgIpc) is 2.69. The molecule has 6 nitrogen and oxygen atoms in total. The van der Waals surface area contributed by atoms with Crippen molar-refractivity contribution in [2.45, 2.75) is 6.42 Å². The van der Waals surface area contributed by atoms with Gasteiger partial charge < -0.3 is 15.4 Å². The zero-order valence-electron chi connectivity index (χ0n) is 14.8. The first-order valence-corrected chi connectivity index (χ1v) is 8.78. The lowest BCUT2D eigenvalue weighted by molar-refractivity contribution is 0.0949. The fraction of sp³-hybridized carbons (Fsp3) is 0.150. The number of halogens is 1. The topological polar surface area (TPSA) is 76.1 Å². The molecule has 7 heteroatoms. The molecule has 3 aromatic rings. The number of aromatic nitrogens is 2. The Balaban J connectivity index is 1.56. The Morgan fingerprint density at radius 2 is 1.96 bits per heavy atom. The Kier molecular flexibility index (Phi) is 6.22. The van der Waals surface area contributed by atoms with Gasteiger partial charge in [0.25, 0.3) is 5.91 Å². The van der Waals surface area contributed by atoms with Gasteiger partial charge in [0.1, 0.15) is 11.4 Å². The summed E-state index contributed by atoms with van der Waals surface area (Å²) in [6.45, 7) is 0.506. The molecule has 0 radical (unpaired) electrons. The summed E-state index contributed by atoms with van der Waals surface area (Å²) < 4.78 is 5.13. The van der Waals surface area contributed by atoms with Gasteiger partial charge in [0.15, 0.2) is 0 Å². The maximum atomic E-state index is 12.3. The molecule has 0 atom stereocenters. The molecular weight excluding hydrogens is 364 g/mol. The van der Waals surface area contributed by atoms with Crippen LogP contribution >= 0.6 is 11.6 Å². The van der Waals surface area contributed by atoms with Gasteiger partial charge in [-0.3, -0.25) is 4.79 Å². The molecule has 0 spiro atoms. The molecule has 1 heterocycles. The maximum absolute atomic E-state index is 12.3. The first-order chi connectivity index (χ1) is 13.1. The van der Waals surface area contributed by atoms with E-state index in [-0.39, 0.29) is 5.91 Å². The molecule has 0 bridgehead atoms. The SMILES string of the molecule is COc1ccc(CCNC(=O)c2ccnc(Nc3cccc(Cl)c3)n2)cc1. The normalized spacial score (nSPS) is 10.3. The number of benzene rings is 2. The molecule has 0 aliphatic carbocycles. The van der Waals surface area contributed by atoms with E-state index in [0.29, 0.717) is 29.6 Å². The van der Waals surface area contributed by atoms with Crippen molar-refractivity contribution in [2.24, 2.45) is 0 Å². The lowest BCUT2D eigenvalue weighted by atomic mass is 10.1. The van der Waals surface area contributed by atoms with Crippen LogP contribution in [0.15, 0.2) is 60.8 Å². The number of methoxy groups -OCH3 is 1. The van der Waals surface area contributed by atoms with Gasteiger partial charge in [0.05, 0.1) is 7.11 Å². The predicted octanol–water partition coefficient (Wildman–Crippen LogP) is 3.85. The number of rotatable bonds is 7. The van der Waals surface area contributed by atoms with Gasteiger partial charge in [-0.1, -0.05) is 29.8 Å². The third-order valence-corrected chi connectivity index (χ3v) is 4.06. The van der Waals surface area contributed by atoms with Crippen LogP contribution in [0.3, 0.4) is 0 Å². The van der Waals surface area contributed by atoms with Gasteiger partial charge in [-0.15, -0.1) is 0 Å². The Morgan fingerprint density at radius 3 is 2.70 bits per heavy atom. The smallest absolute Gasteiger partial charge is 0.270 e. The fourth-order valence-corrected chi connectivity index (χ4v) is 2.63. The molecule has 0 fully saturated rings. The zero-order valence-corrected chi connectivity index (χ0v) is 15.5. The van der Waals surface area contributed by atoms with E-state index in [1.165, 1.54) is 6.20 Å². The highest BCUT2D eigenvalue weighted by Gasteiger charge is 2.09. The molecular formula is C20H19ClN4O2. The Bertz CT molecular complexity index is 916. The highest BCUT2D eigenvalue weighted by Crippen LogP contribution is 2.18. The molecule has 0 aliphatic heterocycles. The summed E-state index contributed by atoms with van der Waals surface area (Å²) in [4.78, 5) is 20.7. The van der Waals surface area contributed by atoms with Crippen LogP contribution in [0.2, 0.25) is 5.02 Å². The molecule has 2 N–H and O–H groups in total. The lowest BCUT2D eigenvalue weighted by Crippen LogP contribution is -2.26. The monoisotopic (exact) mass is 382 g/mol. The maximum Gasteiger partial charge on any atom is 0.270 e. The number of amides is 1. The van der Waals surface area contributed by atoms with Gasteiger partial charge in [-0.2, -0.15) is 0 Å². The number of hydrogen-bond donors (Lipinski definition) is 2. The minimum atomic E-state index is -0.250. The van der Waals surface area contributed by atoms with Crippen molar-refractivity contribution in [3.8, 4) is 5.75 Å². The highest BCUT2D eigenvalue weighted by molar-refractivity contribution is 6.30. The number of nitrogens with one attached hydrogen (secondary N) is 2. The van der Waals surface area contributed by atoms with Crippen molar-refractivity contribution in [3.05, 3.63) is 77.1 Å². The molecule has 0 unspecified atom stereocenters. The molecule has 1 aromatic heterocycles. The van der Waals surface area contributed by atoms with E-state index in [1.54, 1.807) is 25.3 Å². The van der Waals surface area contributed by atoms with Crippen molar-refractivity contribution in [1.29, 1.82) is 0 Å². The van der Waals surface area contributed by atoms with E-state index in [1.807, 2.05) is 36.4 Å². The molecule has 138 valence electrons. The van der Waals surface area contributed by atoms with E-state index in [4.69, 9.17) is 16.3 Å². The van der Waals surface area contributed by atoms with Crippen LogP contribution in [0.5, 0.6) is 5.75 Å². The molecule has 3 rings (SSSR count). The van der Waals surface area contributed by atoms with Crippen LogP contribution in [-0.4, -0.2) is 29.5 Å². The minimum Gasteiger partial charge on any atom is -0.497 e. The molecule has 0 saturated carbocycles. The summed E-state index contributed by atoms with van der Waals surface area (Å²) in [5.74, 6) is 0.892. The van der Waals surface area contributed by atoms with E-state index < -0.39 is 0 Å². The third kappa shape index (κ3) is 5.43. The number of carbonyl (C=O) groups is 1. The Morgan fingerprint density at radius 1 is 1.15 bits per heavy atom. The van der Waals surface area contributed by atoms with Crippen LogP contribution in [0.1, 0.15) is 16.1 Å². The summed E-state index contributed by atoms with van der Waals surface area (Å²) in [6, 6.07) is 16.5. The van der Waals surface area contributed by atoms with Gasteiger partial charge in [0.2, 0.25) is 5.95 Å². The standard InChI is InChI=1S/C20H19ClN4O2/c1-27-17-7-5-14(6-8-17)9-11-22-19(26)18-10-12-23-20(25-18)24-16-4-2-3-15(21)13-16/h2-8,10,12-13H,9,11H2,1H3,(H,22,26)(H,23,24,25). The largest absolute Gasteiger partial charge is 0.497 e. The Hall–Kier alpha value is -3.12. The van der Waals surface area contributed by atoms with E-state index in [2.05, 4.69) is 20.6 Å². The zero-order chi connectivity index (χ0) is 19.1. The summed E-state index contributed by atoms with van der Waals surface area (Å²) in [6.07, 6.45) is 2.26. The highest BCUT2D eigenvalue weighted by atomic mass is 35.5. The summed E-state index contributed by atoms with van der Waals surface area (Å²) in [7, 11) is 1.63. The number of anilines is 2. The van der Waals surface area contributed by atoms with Crippen LogP contribution in [0, 0.1) is 0 Å². The number of ether oxygens (including phenoxy) is 1. The second kappa shape index (κ2) is 9.00. The van der Waals surface area contributed by atoms with Crippen molar-refractivity contribution in [3.63, 3.8) is 0 Å². The van der Waals surface area contributed by atoms with E-state index in [9.17, 15) is 4.79 Å². The summed E-state index contributed by atoms with van der Waals surface area (Å²) in [5.41, 5.74) is 2.16. The van der Waals surface area contributed by atoms with Gasteiger partial charge in [-0.05, 0) is 48.4 Å². The van der Waals surface area contributed by atoms with Crippen LogP contribution in [0.4, 0.5) is 11.6 Å². The van der Waals surface area contributed by atoms with Crippen molar-refractivity contribution in [2.75, 3.05) is 19.0 Å². The minimum absolute atomic E-state index is 0.250. The quantitative estimate of drug-likeness (QED) is 0.649. The van der Waals surface area contributed by atoms with Gasteiger partial charge >= 0.3 is 0 Å². The number of nitrogens with zero attached hydrogens (tertiary/aromatic N) is 2. The lowest BCUT2D eigenvalue weighted by Gasteiger charge is -2.08. The van der Waals surface area contributed by atoms with E-state index >= 15 is 0 Å². The first-order valence-electron chi connectivity index (χ1n) is 8.41. The third-order valence-electron chi connectivity index (χ3n) is 3.83. The second-order valence-electron chi connectivity index (χ2n) is 5.75. The predicted molar refractivity (Wildman–Crippen MR) is 106 cm³/mol. The van der Waals surface area contributed by atoms with Crippen LogP contribution in [0.25, 0.3) is 0 Å². The van der Waals surface area contributed by atoms with Gasteiger partial charge in [0, 0.05) is 23.5 Å². The molecule has 2 aromatic carbocycles. The summed E-state index contributed by atoms with van der Waals surface area (Å²) in [5, 5.41) is 6.51. The molecule has 0 aliphatic rings. The number of carbonyl (C=O) groups excluding carboxylic acids is 1. The first kappa shape index (κ1) is 18.7. The van der Waals surface area contributed by atoms with E-state index in [0.717, 1.165) is 17.0 Å². The average molecular weight is 383 g/mol. The molecule has 1 amide bonds. The Labute approximate surface area is 162 Å². The molecule has 0 saturated heterocycles. The van der Waals surface area contributed by atoms with Crippen molar-refractivity contribution >= 4 is 29.1 Å². The number of hydrogen-bond acceptors (Lipinski definition) is 5. The summed E-state index contributed by atoms with van der Waals surface area (Å²) >= 11 is 5.97. The second-order valence-corrected chi connectivity index (χ2v) is 6.19. The van der Waals surface area contributed by atoms with Crippen LogP contribution in [-0.2, 0) is 6.42 Å². The van der Waals surface area contributed by atoms with Crippen LogP contribution < -0.4 is 15.4 Å². The van der Waals surface area contributed by atoms with Crippen molar-refractivity contribution < 1.29 is 9.53 Å². The fourth-order valence-electron chi connectivity index (χ4n) is 2.44.